The average molecular weight is 501 g/mol. The van der Waals surface area contributed by atoms with Gasteiger partial charge in [-0.2, -0.15) is 5.10 Å². The minimum Gasteiger partial charge on any atom is -0.481 e. The highest BCUT2D eigenvalue weighted by Crippen LogP contribution is 2.28. The van der Waals surface area contributed by atoms with E-state index in [9.17, 15) is 14.4 Å². The van der Waals surface area contributed by atoms with Crippen LogP contribution in [0.1, 0.15) is 46.3 Å². The molecule has 5 N–H and O–H groups in total. The van der Waals surface area contributed by atoms with E-state index in [1.807, 2.05) is 48.5 Å². The minimum absolute atomic E-state index is 0.0380. The first-order chi connectivity index (χ1) is 17.9. The molecule has 0 bridgehead atoms. The molecule has 3 aromatic carbocycles. The number of anilines is 2. The Morgan fingerprint density at radius 2 is 1.76 bits per heavy atom. The number of fused-ring (bicyclic) bond motifs is 1. The molecule has 1 atom stereocenters. The summed E-state index contributed by atoms with van der Waals surface area (Å²) in [4.78, 5) is 36.5. The predicted molar refractivity (Wildman–Crippen MR) is 140 cm³/mol. The second kappa shape index (κ2) is 11.9. The second-order valence-corrected chi connectivity index (χ2v) is 8.77. The SMILES string of the molecule is NN=C(C(=O)OCc1ccccc1)c1ccc(C(=O)Nc2ccc3c(c2)NC(CC(=O)O)CCC3)cc1. The van der Waals surface area contributed by atoms with Crippen LogP contribution in [0.25, 0.3) is 0 Å². The highest BCUT2D eigenvalue weighted by atomic mass is 16.5. The van der Waals surface area contributed by atoms with E-state index in [0.717, 1.165) is 36.1 Å². The lowest BCUT2D eigenvalue weighted by atomic mass is 10.1. The minimum atomic E-state index is -0.846. The number of hydrogen-bond acceptors (Lipinski definition) is 7. The van der Waals surface area contributed by atoms with Crippen LogP contribution >= 0.6 is 0 Å². The van der Waals surface area contributed by atoms with E-state index >= 15 is 0 Å². The molecule has 37 heavy (non-hydrogen) atoms. The number of hydrazone groups is 1. The number of carboxylic acids is 1. The van der Waals surface area contributed by atoms with E-state index in [2.05, 4.69) is 15.7 Å². The molecule has 0 saturated carbocycles. The predicted octanol–water partition coefficient (Wildman–Crippen LogP) is 3.94. The highest BCUT2D eigenvalue weighted by Gasteiger charge is 2.20. The van der Waals surface area contributed by atoms with Gasteiger partial charge in [0.15, 0.2) is 5.71 Å². The van der Waals surface area contributed by atoms with Gasteiger partial charge in [-0.05, 0) is 54.7 Å². The topological polar surface area (TPSA) is 143 Å². The van der Waals surface area contributed by atoms with Gasteiger partial charge in [-0.15, -0.1) is 0 Å². The van der Waals surface area contributed by atoms with E-state index in [4.69, 9.17) is 15.7 Å². The third-order valence-corrected chi connectivity index (χ3v) is 6.10. The third kappa shape index (κ3) is 6.72. The van der Waals surface area contributed by atoms with Crippen molar-refractivity contribution in [3.63, 3.8) is 0 Å². The first kappa shape index (κ1) is 25.4. The van der Waals surface area contributed by atoms with Gasteiger partial charge < -0.3 is 26.3 Å². The Labute approximate surface area is 214 Å². The van der Waals surface area contributed by atoms with E-state index < -0.39 is 11.9 Å². The van der Waals surface area contributed by atoms with Crippen LogP contribution in [0, 0.1) is 0 Å². The zero-order valence-electron chi connectivity index (χ0n) is 20.1. The van der Waals surface area contributed by atoms with Crippen LogP contribution < -0.4 is 16.5 Å². The molecular formula is C28H28N4O5. The summed E-state index contributed by atoms with van der Waals surface area (Å²) in [5.74, 6) is 3.60. The maximum Gasteiger partial charge on any atom is 0.359 e. The lowest BCUT2D eigenvalue weighted by Gasteiger charge is -2.17. The number of carbonyl (C=O) groups is 3. The van der Waals surface area contributed by atoms with E-state index in [-0.39, 0.29) is 30.7 Å². The monoisotopic (exact) mass is 500 g/mol. The Kier molecular flexibility index (Phi) is 8.15. The summed E-state index contributed by atoms with van der Waals surface area (Å²) in [6.45, 7) is 0.0892. The number of nitrogens with one attached hydrogen (secondary N) is 2. The molecule has 4 rings (SSSR count). The zero-order chi connectivity index (χ0) is 26.2. The summed E-state index contributed by atoms with van der Waals surface area (Å²) in [6.07, 6.45) is 2.54. The number of esters is 1. The van der Waals surface area contributed by atoms with Gasteiger partial charge in [0.2, 0.25) is 0 Å². The van der Waals surface area contributed by atoms with Crippen LogP contribution in [0.15, 0.2) is 77.9 Å². The highest BCUT2D eigenvalue weighted by molar-refractivity contribution is 6.43. The standard InChI is InChI=1S/C28H28N4O5/c29-32-26(28(36)37-17-18-5-2-1-3-6-18)20-9-11-21(12-10-20)27(35)31-23-14-13-19-7-4-8-22(16-25(33)34)30-24(19)15-23/h1-3,5-6,9-15,22,30H,4,7-8,16-17,29H2,(H,31,35)(H,33,34). The normalized spacial score (nSPS) is 15.0. The Morgan fingerprint density at radius 3 is 2.46 bits per heavy atom. The van der Waals surface area contributed by atoms with Crippen LogP contribution in [0.3, 0.4) is 0 Å². The Balaban J connectivity index is 1.40. The molecule has 1 unspecified atom stereocenters. The average Bonchev–Trinajstić information content (AvgIpc) is 3.09. The molecule has 0 aromatic heterocycles. The number of rotatable bonds is 8. The fourth-order valence-corrected chi connectivity index (χ4v) is 4.22. The molecule has 0 radical (unpaired) electrons. The van der Waals surface area contributed by atoms with Crippen molar-refractivity contribution in [3.8, 4) is 0 Å². The quantitative estimate of drug-likeness (QED) is 0.159. The molecule has 0 saturated heterocycles. The summed E-state index contributed by atoms with van der Waals surface area (Å²) in [6, 6.07) is 21.0. The number of aliphatic carboxylic acids is 1. The number of benzene rings is 3. The van der Waals surface area contributed by atoms with Crippen molar-refractivity contribution in [2.75, 3.05) is 10.6 Å². The van der Waals surface area contributed by atoms with Crippen LogP contribution in [-0.2, 0) is 27.4 Å². The van der Waals surface area contributed by atoms with Crippen molar-refractivity contribution >= 4 is 34.9 Å². The zero-order valence-corrected chi connectivity index (χ0v) is 20.1. The molecule has 1 aliphatic rings. The summed E-state index contributed by atoms with van der Waals surface area (Å²) < 4.78 is 5.31. The van der Waals surface area contributed by atoms with Gasteiger partial charge in [0, 0.05) is 28.5 Å². The summed E-state index contributed by atoms with van der Waals surface area (Å²) >= 11 is 0. The number of carboxylic acid groups (broad SMARTS) is 1. The third-order valence-electron chi connectivity index (χ3n) is 6.10. The number of aryl methyl sites for hydroxylation is 1. The second-order valence-electron chi connectivity index (χ2n) is 8.77. The van der Waals surface area contributed by atoms with Gasteiger partial charge in [0.05, 0.1) is 6.42 Å². The number of amides is 1. The molecule has 1 heterocycles. The maximum absolute atomic E-state index is 12.8. The van der Waals surface area contributed by atoms with E-state index in [1.54, 1.807) is 24.3 Å². The maximum atomic E-state index is 12.8. The van der Waals surface area contributed by atoms with Crippen molar-refractivity contribution in [2.24, 2.45) is 10.9 Å². The van der Waals surface area contributed by atoms with Gasteiger partial charge in [-0.25, -0.2) is 4.79 Å². The number of ether oxygens (including phenoxy) is 1. The number of carbonyl (C=O) groups excluding carboxylic acids is 2. The van der Waals surface area contributed by atoms with Crippen molar-refractivity contribution in [2.45, 2.75) is 38.3 Å². The van der Waals surface area contributed by atoms with Crippen LogP contribution in [0.2, 0.25) is 0 Å². The van der Waals surface area contributed by atoms with Gasteiger partial charge >= 0.3 is 11.9 Å². The number of hydrogen-bond donors (Lipinski definition) is 4. The van der Waals surface area contributed by atoms with E-state index in [0.29, 0.717) is 16.8 Å². The van der Waals surface area contributed by atoms with E-state index in [1.165, 1.54) is 0 Å². The molecule has 0 fully saturated rings. The summed E-state index contributed by atoms with van der Waals surface area (Å²) in [5, 5.41) is 18.9. The molecule has 0 spiro atoms. The summed E-state index contributed by atoms with van der Waals surface area (Å²) in [7, 11) is 0. The Hall–Kier alpha value is -4.66. The van der Waals surface area contributed by atoms with Gasteiger partial charge in [0.25, 0.3) is 5.91 Å². The summed E-state index contributed by atoms with van der Waals surface area (Å²) in [5.41, 5.74) is 4.10. The van der Waals surface area contributed by atoms with Crippen molar-refractivity contribution in [3.05, 3.63) is 95.1 Å². The molecule has 0 aliphatic carbocycles. The lowest BCUT2D eigenvalue weighted by molar-refractivity contribution is -0.138. The Bertz CT molecular complexity index is 1310. The fourth-order valence-electron chi connectivity index (χ4n) is 4.22. The number of nitrogens with two attached hydrogens (primary N) is 1. The first-order valence-corrected chi connectivity index (χ1v) is 11.9. The molecule has 190 valence electrons. The molecule has 1 aliphatic heterocycles. The van der Waals surface area contributed by atoms with Gasteiger partial charge in [-0.1, -0.05) is 48.5 Å². The van der Waals surface area contributed by atoms with Crippen LogP contribution in [-0.4, -0.2) is 34.7 Å². The van der Waals surface area contributed by atoms with Crippen LogP contribution in [0.5, 0.6) is 0 Å². The van der Waals surface area contributed by atoms with Crippen molar-refractivity contribution in [1.82, 2.24) is 0 Å². The molecular weight excluding hydrogens is 472 g/mol. The largest absolute Gasteiger partial charge is 0.481 e. The molecule has 9 heteroatoms. The number of nitrogens with zero attached hydrogens (tertiary/aromatic N) is 1. The molecule has 9 nitrogen and oxygen atoms in total. The van der Waals surface area contributed by atoms with Gasteiger partial charge in [-0.3, -0.25) is 9.59 Å². The smallest absolute Gasteiger partial charge is 0.359 e. The Morgan fingerprint density at radius 1 is 1.03 bits per heavy atom. The first-order valence-electron chi connectivity index (χ1n) is 11.9. The van der Waals surface area contributed by atoms with Crippen molar-refractivity contribution < 1.29 is 24.2 Å². The fraction of sp³-hybridized carbons (Fsp3) is 0.214. The van der Waals surface area contributed by atoms with Crippen LogP contribution in [0.4, 0.5) is 11.4 Å². The van der Waals surface area contributed by atoms with Gasteiger partial charge in [0.1, 0.15) is 6.61 Å². The lowest BCUT2D eigenvalue weighted by Crippen LogP contribution is -2.22. The molecule has 3 aromatic rings. The molecule has 1 amide bonds. The van der Waals surface area contributed by atoms with Crippen molar-refractivity contribution in [1.29, 1.82) is 0 Å².